The first-order chi connectivity index (χ1) is 10.0. The van der Waals surface area contributed by atoms with Gasteiger partial charge in [0.1, 0.15) is 6.61 Å². The molecule has 21 heavy (non-hydrogen) atoms. The molecule has 0 radical (unpaired) electrons. The van der Waals surface area contributed by atoms with Crippen molar-refractivity contribution < 1.29 is 19.4 Å². The summed E-state index contributed by atoms with van der Waals surface area (Å²) in [5, 5.41) is 16.3. The van der Waals surface area contributed by atoms with E-state index in [-0.39, 0.29) is 24.8 Å². The van der Waals surface area contributed by atoms with Crippen molar-refractivity contribution in [2.75, 3.05) is 33.4 Å². The Balaban J connectivity index is 2.34. The Morgan fingerprint density at radius 2 is 2.14 bits per heavy atom. The van der Waals surface area contributed by atoms with Crippen molar-refractivity contribution in [2.45, 2.75) is 38.5 Å². The van der Waals surface area contributed by atoms with Crippen LogP contribution in [0, 0.1) is 0 Å². The molecule has 1 unspecified atom stereocenters. The number of ether oxygens (including phenoxy) is 2. The van der Waals surface area contributed by atoms with Crippen LogP contribution < -0.4 is 10.6 Å². The molecule has 1 amide bonds. The topological polar surface area (TPSA) is 83.1 Å². The first-order valence-electron chi connectivity index (χ1n) is 7.21. The maximum Gasteiger partial charge on any atom is 0.409 e. The Bertz CT molecular complexity index is 352. The van der Waals surface area contributed by atoms with Gasteiger partial charge in [0.2, 0.25) is 0 Å². The molecule has 7 nitrogen and oxygen atoms in total. The zero-order valence-corrected chi connectivity index (χ0v) is 13.6. The number of carbonyl (C=O) groups excluding carboxylic acids is 1. The van der Waals surface area contributed by atoms with E-state index >= 15 is 0 Å². The van der Waals surface area contributed by atoms with Crippen LogP contribution >= 0.6 is 12.2 Å². The van der Waals surface area contributed by atoms with Gasteiger partial charge in [0, 0.05) is 26.6 Å². The summed E-state index contributed by atoms with van der Waals surface area (Å²) in [6.45, 7) is 5.47. The molecule has 0 aliphatic carbocycles. The number of thiocarbonyl (C=S) groups is 1. The smallest absolute Gasteiger partial charge is 0.409 e. The van der Waals surface area contributed by atoms with E-state index in [0.29, 0.717) is 31.2 Å². The minimum absolute atomic E-state index is 0.148. The van der Waals surface area contributed by atoms with Crippen molar-refractivity contribution in [1.82, 2.24) is 15.5 Å². The summed E-state index contributed by atoms with van der Waals surface area (Å²) in [6, 6.07) is -0.250. The molecular weight excluding hydrogens is 294 g/mol. The van der Waals surface area contributed by atoms with E-state index in [0.717, 1.165) is 0 Å². The zero-order valence-electron chi connectivity index (χ0n) is 12.8. The first-order valence-corrected chi connectivity index (χ1v) is 7.62. The lowest BCUT2D eigenvalue weighted by Crippen LogP contribution is -2.54. The van der Waals surface area contributed by atoms with Crippen molar-refractivity contribution in [2.24, 2.45) is 0 Å². The fourth-order valence-corrected chi connectivity index (χ4v) is 2.24. The maximum atomic E-state index is 11.7. The van der Waals surface area contributed by atoms with Crippen molar-refractivity contribution in [1.29, 1.82) is 0 Å². The lowest BCUT2D eigenvalue weighted by atomic mass is 10.0. The third-order valence-electron chi connectivity index (χ3n) is 3.44. The van der Waals surface area contributed by atoms with Crippen LogP contribution in [0.1, 0.15) is 20.3 Å². The van der Waals surface area contributed by atoms with Gasteiger partial charge in [0.25, 0.3) is 0 Å². The number of nitrogens with zero attached hydrogens (tertiary/aromatic N) is 1. The van der Waals surface area contributed by atoms with Gasteiger partial charge in [0.05, 0.1) is 24.9 Å². The van der Waals surface area contributed by atoms with Gasteiger partial charge in [-0.05, 0) is 26.1 Å². The van der Waals surface area contributed by atoms with Crippen LogP contribution in [-0.2, 0) is 9.47 Å². The van der Waals surface area contributed by atoms with Crippen LogP contribution in [0.25, 0.3) is 0 Å². The molecule has 3 N–H and O–H groups in total. The number of hydrogen-bond donors (Lipinski definition) is 3. The molecule has 122 valence electrons. The number of amides is 1. The van der Waals surface area contributed by atoms with E-state index in [1.807, 2.05) is 13.8 Å². The molecule has 3 atom stereocenters. The third-order valence-corrected chi connectivity index (χ3v) is 3.76. The number of hydrogen-bond acceptors (Lipinski definition) is 5. The molecule has 1 aliphatic heterocycles. The molecule has 0 aromatic carbocycles. The molecular formula is C13H25N3O4S. The molecule has 0 aromatic heterocycles. The Kier molecular flexibility index (Phi) is 7.69. The average molecular weight is 319 g/mol. The highest BCUT2D eigenvalue weighted by atomic mass is 32.1. The highest BCUT2D eigenvalue weighted by molar-refractivity contribution is 7.80. The predicted molar refractivity (Wildman–Crippen MR) is 83.2 cm³/mol. The van der Waals surface area contributed by atoms with Gasteiger partial charge in [-0.25, -0.2) is 4.79 Å². The maximum absolute atomic E-state index is 11.7. The van der Waals surface area contributed by atoms with Crippen molar-refractivity contribution in [3.63, 3.8) is 0 Å². The molecule has 0 aromatic rings. The normalized spacial score (nSPS) is 25.0. The summed E-state index contributed by atoms with van der Waals surface area (Å²) >= 11 is 5.00. The zero-order chi connectivity index (χ0) is 15.8. The van der Waals surface area contributed by atoms with Crippen LogP contribution in [-0.4, -0.2) is 72.8 Å². The fourth-order valence-electron chi connectivity index (χ4n) is 2.08. The Hall–Kier alpha value is -1.12. The van der Waals surface area contributed by atoms with E-state index in [4.69, 9.17) is 21.7 Å². The molecule has 0 bridgehead atoms. The Morgan fingerprint density at radius 1 is 1.48 bits per heavy atom. The molecule has 0 spiro atoms. The highest BCUT2D eigenvalue weighted by Crippen LogP contribution is 2.15. The van der Waals surface area contributed by atoms with Gasteiger partial charge in [-0.2, -0.15) is 0 Å². The quantitative estimate of drug-likeness (QED) is 0.619. The number of nitrogens with one attached hydrogen (secondary N) is 2. The van der Waals surface area contributed by atoms with Crippen LogP contribution in [0.5, 0.6) is 0 Å². The van der Waals surface area contributed by atoms with Crippen molar-refractivity contribution >= 4 is 23.4 Å². The minimum atomic E-state index is -0.595. The largest absolute Gasteiger partial charge is 0.447 e. The Labute approximate surface area is 131 Å². The van der Waals surface area contributed by atoms with E-state index in [9.17, 15) is 9.90 Å². The van der Waals surface area contributed by atoms with E-state index in [1.165, 1.54) is 0 Å². The minimum Gasteiger partial charge on any atom is -0.447 e. The Morgan fingerprint density at radius 3 is 2.67 bits per heavy atom. The molecule has 1 fully saturated rings. The number of rotatable bonds is 5. The van der Waals surface area contributed by atoms with E-state index in [2.05, 4.69) is 10.6 Å². The molecule has 1 rings (SSSR count). The molecule has 1 saturated heterocycles. The van der Waals surface area contributed by atoms with Crippen LogP contribution in [0.4, 0.5) is 4.79 Å². The van der Waals surface area contributed by atoms with Crippen molar-refractivity contribution in [3.8, 4) is 0 Å². The molecule has 8 heteroatoms. The highest BCUT2D eigenvalue weighted by Gasteiger charge is 2.31. The second kappa shape index (κ2) is 9.01. The third kappa shape index (κ3) is 5.64. The molecule has 1 aliphatic rings. The van der Waals surface area contributed by atoms with Gasteiger partial charge >= 0.3 is 6.09 Å². The lowest BCUT2D eigenvalue weighted by molar-refractivity contribution is -0.0833. The van der Waals surface area contributed by atoms with Crippen LogP contribution in [0.2, 0.25) is 0 Å². The summed E-state index contributed by atoms with van der Waals surface area (Å²) in [5.41, 5.74) is 0. The molecule has 0 saturated carbocycles. The standard InChI is InChI=1S/C13H25N3O4S/c1-4-16(5-2)13(18)20-7-9-6-11(17)10(8-19-9)15-12(21)14-3/h9-11,17H,4-8H2,1-3H3,(H2,14,15,21)/t9-,10?,11-/m0/s1. The first kappa shape index (κ1) is 17.9. The molecule has 1 heterocycles. The number of carbonyl (C=O) groups is 1. The summed E-state index contributed by atoms with van der Waals surface area (Å²) in [4.78, 5) is 13.3. The van der Waals surface area contributed by atoms with E-state index in [1.54, 1.807) is 11.9 Å². The van der Waals surface area contributed by atoms with Gasteiger partial charge < -0.3 is 30.1 Å². The SMILES string of the molecule is CCN(CC)C(=O)OC[C@@H]1C[C@H](O)C(NC(=S)NC)CO1. The van der Waals surface area contributed by atoms with Gasteiger partial charge in [-0.1, -0.05) is 0 Å². The van der Waals surface area contributed by atoms with Gasteiger partial charge in [-0.3, -0.25) is 0 Å². The summed E-state index contributed by atoms with van der Waals surface area (Å²) < 4.78 is 10.8. The van der Waals surface area contributed by atoms with Crippen LogP contribution in [0.15, 0.2) is 0 Å². The van der Waals surface area contributed by atoms with Crippen LogP contribution in [0.3, 0.4) is 0 Å². The predicted octanol–water partition coefficient (Wildman–Crippen LogP) is 0.0771. The second-order valence-corrected chi connectivity index (χ2v) is 5.25. The van der Waals surface area contributed by atoms with Gasteiger partial charge in [-0.15, -0.1) is 0 Å². The lowest BCUT2D eigenvalue weighted by Gasteiger charge is -2.34. The number of aliphatic hydroxyl groups is 1. The monoisotopic (exact) mass is 319 g/mol. The average Bonchev–Trinajstić information content (AvgIpc) is 2.48. The van der Waals surface area contributed by atoms with E-state index < -0.39 is 6.10 Å². The summed E-state index contributed by atoms with van der Waals surface area (Å²) in [6.07, 6.45) is -0.840. The second-order valence-electron chi connectivity index (χ2n) is 4.84. The number of aliphatic hydroxyl groups excluding tert-OH is 1. The van der Waals surface area contributed by atoms with Crippen molar-refractivity contribution in [3.05, 3.63) is 0 Å². The van der Waals surface area contributed by atoms with Gasteiger partial charge in [0.15, 0.2) is 5.11 Å². The summed E-state index contributed by atoms with van der Waals surface area (Å²) in [7, 11) is 1.71. The fraction of sp³-hybridized carbons (Fsp3) is 0.846. The summed E-state index contributed by atoms with van der Waals surface area (Å²) in [5.74, 6) is 0.